The predicted molar refractivity (Wildman–Crippen MR) is 92.9 cm³/mol. The first-order valence-electron chi connectivity index (χ1n) is 8.35. The summed E-state index contributed by atoms with van der Waals surface area (Å²) in [5.41, 5.74) is 1.04. The van der Waals surface area contributed by atoms with Crippen LogP contribution in [0.15, 0.2) is 18.3 Å². The summed E-state index contributed by atoms with van der Waals surface area (Å²) in [5, 5.41) is 3.54. The van der Waals surface area contributed by atoms with E-state index in [1.807, 2.05) is 43.1 Å². The number of amides is 1. The Morgan fingerprint density at radius 3 is 2.87 bits per heavy atom. The molecule has 0 unspecified atom stereocenters. The minimum Gasteiger partial charge on any atom is -0.381 e. The fraction of sp³-hybridized carbons (Fsp3) is 0.647. The van der Waals surface area contributed by atoms with Crippen molar-refractivity contribution in [3.05, 3.63) is 18.3 Å². The van der Waals surface area contributed by atoms with Gasteiger partial charge in [-0.25, -0.2) is 4.98 Å². The zero-order chi connectivity index (χ0) is 16.7. The molecule has 23 heavy (non-hydrogen) atoms. The summed E-state index contributed by atoms with van der Waals surface area (Å²) in [7, 11) is 3.96. The SMILES string of the molecule is CCOCC(=O)N1CCC[C@@H](Nc2ccc(N(C)C)nc2)CC1. The molecule has 1 saturated heterocycles. The van der Waals surface area contributed by atoms with Gasteiger partial charge in [0.1, 0.15) is 12.4 Å². The zero-order valence-corrected chi connectivity index (χ0v) is 14.4. The lowest BCUT2D eigenvalue weighted by Gasteiger charge is -2.21. The second kappa shape index (κ2) is 8.72. The van der Waals surface area contributed by atoms with Crippen LogP contribution in [0.2, 0.25) is 0 Å². The van der Waals surface area contributed by atoms with Crippen LogP contribution < -0.4 is 10.2 Å². The van der Waals surface area contributed by atoms with E-state index in [0.29, 0.717) is 12.6 Å². The number of aromatic nitrogens is 1. The highest BCUT2D eigenvalue weighted by molar-refractivity contribution is 5.77. The Bertz CT molecular complexity index is 490. The maximum atomic E-state index is 12.0. The van der Waals surface area contributed by atoms with Gasteiger partial charge in [0.2, 0.25) is 5.91 Å². The number of rotatable bonds is 6. The van der Waals surface area contributed by atoms with Crippen LogP contribution in [0.3, 0.4) is 0 Å². The molecule has 1 atom stereocenters. The van der Waals surface area contributed by atoms with Gasteiger partial charge in [0.25, 0.3) is 0 Å². The molecular formula is C17H28N4O2. The normalized spacial score (nSPS) is 18.4. The molecular weight excluding hydrogens is 292 g/mol. The predicted octanol–water partition coefficient (Wildman–Crippen LogP) is 1.98. The number of likely N-dealkylation sites (tertiary alicyclic amines) is 1. The van der Waals surface area contributed by atoms with E-state index in [2.05, 4.69) is 16.4 Å². The van der Waals surface area contributed by atoms with Gasteiger partial charge in [0.05, 0.1) is 11.9 Å². The van der Waals surface area contributed by atoms with Crippen LogP contribution in [-0.2, 0) is 9.53 Å². The van der Waals surface area contributed by atoms with Crippen LogP contribution in [0.4, 0.5) is 11.5 Å². The molecule has 1 aromatic heterocycles. The molecule has 0 spiro atoms. The fourth-order valence-electron chi connectivity index (χ4n) is 2.74. The van der Waals surface area contributed by atoms with Crippen molar-refractivity contribution in [2.24, 2.45) is 0 Å². The van der Waals surface area contributed by atoms with Gasteiger partial charge in [0.15, 0.2) is 0 Å². The first-order valence-corrected chi connectivity index (χ1v) is 8.35. The summed E-state index contributed by atoms with van der Waals surface area (Å²) in [6.07, 6.45) is 4.90. The molecule has 1 N–H and O–H groups in total. The second-order valence-corrected chi connectivity index (χ2v) is 6.09. The molecule has 1 aromatic rings. The van der Waals surface area contributed by atoms with Gasteiger partial charge < -0.3 is 19.9 Å². The summed E-state index contributed by atoms with van der Waals surface area (Å²) in [4.78, 5) is 20.4. The summed E-state index contributed by atoms with van der Waals surface area (Å²) < 4.78 is 5.22. The van der Waals surface area contributed by atoms with E-state index in [1.165, 1.54) is 0 Å². The van der Waals surface area contributed by atoms with Gasteiger partial charge in [-0.2, -0.15) is 0 Å². The number of nitrogens with one attached hydrogen (secondary N) is 1. The Morgan fingerprint density at radius 1 is 1.39 bits per heavy atom. The standard InChI is InChI=1S/C17H28N4O2/c1-4-23-13-17(22)21-10-5-6-14(9-11-21)19-15-7-8-16(18-12-15)20(2)3/h7-8,12,14,19H,4-6,9-11,13H2,1-3H3/t14-/m1/s1. The molecule has 2 heterocycles. The van der Waals surface area contributed by atoms with E-state index in [4.69, 9.17) is 4.74 Å². The molecule has 2 rings (SSSR count). The van der Waals surface area contributed by atoms with Crippen LogP contribution in [-0.4, -0.2) is 62.2 Å². The zero-order valence-electron chi connectivity index (χ0n) is 14.4. The quantitative estimate of drug-likeness (QED) is 0.868. The first kappa shape index (κ1) is 17.5. The molecule has 0 bridgehead atoms. The molecule has 0 aromatic carbocycles. The Kier molecular flexibility index (Phi) is 6.65. The van der Waals surface area contributed by atoms with Crippen LogP contribution in [0.5, 0.6) is 0 Å². The summed E-state index contributed by atoms with van der Waals surface area (Å²) in [6, 6.07) is 4.45. The number of anilines is 2. The van der Waals surface area contributed by atoms with Crippen LogP contribution >= 0.6 is 0 Å². The van der Waals surface area contributed by atoms with Crippen LogP contribution in [0.25, 0.3) is 0 Å². The molecule has 1 fully saturated rings. The number of hydrogen-bond donors (Lipinski definition) is 1. The van der Waals surface area contributed by atoms with E-state index >= 15 is 0 Å². The number of pyridine rings is 1. The van der Waals surface area contributed by atoms with Crippen molar-refractivity contribution >= 4 is 17.4 Å². The largest absolute Gasteiger partial charge is 0.381 e. The Labute approximate surface area is 138 Å². The van der Waals surface area contributed by atoms with Crippen molar-refractivity contribution in [1.82, 2.24) is 9.88 Å². The summed E-state index contributed by atoms with van der Waals surface area (Å²) in [6.45, 7) is 4.30. The van der Waals surface area contributed by atoms with E-state index < -0.39 is 0 Å². The van der Waals surface area contributed by atoms with Crippen molar-refractivity contribution in [3.63, 3.8) is 0 Å². The summed E-state index contributed by atoms with van der Waals surface area (Å²) >= 11 is 0. The molecule has 6 heteroatoms. The first-order chi connectivity index (χ1) is 11.1. The Morgan fingerprint density at radius 2 is 2.22 bits per heavy atom. The third kappa shape index (κ3) is 5.39. The topological polar surface area (TPSA) is 57.7 Å². The molecule has 1 aliphatic rings. The van der Waals surface area contributed by atoms with Gasteiger partial charge in [-0.15, -0.1) is 0 Å². The second-order valence-electron chi connectivity index (χ2n) is 6.09. The highest BCUT2D eigenvalue weighted by atomic mass is 16.5. The third-order valence-electron chi connectivity index (χ3n) is 4.09. The number of carbonyl (C=O) groups excluding carboxylic acids is 1. The van der Waals surface area contributed by atoms with Gasteiger partial charge in [-0.3, -0.25) is 4.79 Å². The minimum atomic E-state index is 0.101. The van der Waals surface area contributed by atoms with E-state index in [9.17, 15) is 4.79 Å². The molecule has 1 amide bonds. The van der Waals surface area contributed by atoms with Gasteiger partial charge in [-0.05, 0) is 38.3 Å². The van der Waals surface area contributed by atoms with Crippen molar-refractivity contribution in [3.8, 4) is 0 Å². The van der Waals surface area contributed by atoms with E-state index in [0.717, 1.165) is 43.9 Å². The number of ether oxygens (including phenoxy) is 1. The van der Waals surface area contributed by atoms with E-state index in [-0.39, 0.29) is 12.5 Å². The Hall–Kier alpha value is -1.82. The van der Waals surface area contributed by atoms with Crippen molar-refractivity contribution in [2.45, 2.75) is 32.2 Å². The molecule has 0 radical (unpaired) electrons. The molecule has 6 nitrogen and oxygen atoms in total. The molecule has 128 valence electrons. The van der Waals surface area contributed by atoms with Crippen molar-refractivity contribution < 1.29 is 9.53 Å². The molecule has 1 aliphatic heterocycles. The van der Waals surface area contributed by atoms with E-state index in [1.54, 1.807) is 0 Å². The molecule has 0 saturated carbocycles. The van der Waals surface area contributed by atoms with Crippen LogP contribution in [0, 0.1) is 0 Å². The lowest BCUT2D eigenvalue weighted by Crippen LogP contribution is -2.35. The number of nitrogens with zero attached hydrogens (tertiary/aromatic N) is 3. The lowest BCUT2D eigenvalue weighted by atomic mass is 10.1. The highest BCUT2D eigenvalue weighted by Crippen LogP contribution is 2.18. The van der Waals surface area contributed by atoms with Gasteiger partial charge in [-0.1, -0.05) is 0 Å². The Balaban J connectivity index is 1.84. The van der Waals surface area contributed by atoms with Crippen molar-refractivity contribution in [1.29, 1.82) is 0 Å². The van der Waals surface area contributed by atoms with Crippen molar-refractivity contribution in [2.75, 3.05) is 50.6 Å². The number of carbonyl (C=O) groups is 1. The average Bonchev–Trinajstić information content (AvgIpc) is 2.79. The summed E-state index contributed by atoms with van der Waals surface area (Å²) in [5.74, 6) is 1.05. The maximum Gasteiger partial charge on any atom is 0.248 e. The fourth-order valence-corrected chi connectivity index (χ4v) is 2.74. The van der Waals surface area contributed by atoms with Gasteiger partial charge in [0, 0.05) is 39.8 Å². The highest BCUT2D eigenvalue weighted by Gasteiger charge is 2.20. The monoisotopic (exact) mass is 320 g/mol. The number of hydrogen-bond acceptors (Lipinski definition) is 5. The average molecular weight is 320 g/mol. The molecule has 0 aliphatic carbocycles. The van der Waals surface area contributed by atoms with Crippen LogP contribution in [0.1, 0.15) is 26.2 Å². The lowest BCUT2D eigenvalue weighted by molar-refractivity contribution is -0.135. The smallest absolute Gasteiger partial charge is 0.248 e. The van der Waals surface area contributed by atoms with Gasteiger partial charge >= 0.3 is 0 Å². The third-order valence-corrected chi connectivity index (χ3v) is 4.09. The maximum absolute atomic E-state index is 12.0. The minimum absolute atomic E-state index is 0.101.